The molecule has 0 N–H and O–H groups in total. The van der Waals surface area contributed by atoms with Gasteiger partial charge in [-0.25, -0.2) is 9.97 Å². The molecule has 0 aliphatic rings. The van der Waals surface area contributed by atoms with Crippen molar-refractivity contribution in [2.24, 2.45) is 4.36 Å². The molecule has 0 saturated carbocycles. The van der Waals surface area contributed by atoms with Gasteiger partial charge >= 0.3 is 96.1 Å². The fourth-order valence-corrected chi connectivity index (χ4v) is 7.06. The normalized spacial score (nSPS) is 11.0. The SMILES string of the molecule is CC(=O)OI(OC(C)=O)c1ccccc1.CS(Cc1cnc(Cl)c(Cl)c1)=NC#N.CSCc1cnc(Cl)c(Cl)c1. The number of halogens is 5. The van der Waals surface area contributed by atoms with Gasteiger partial charge in [-0.15, -0.1) is 0 Å². The molecule has 0 radical (unpaired) electrons. The second-order valence-corrected chi connectivity index (χ2v) is 14.7. The molecular weight excluding hydrogens is 753 g/mol. The Bertz CT molecular complexity index is 1330. The first-order valence-corrected chi connectivity index (χ1v) is 18.4. The van der Waals surface area contributed by atoms with Gasteiger partial charge in [0.15, 0.2) is 0 Å². The second kappa shape index (κ2) is 20.3. The number of benzene rings is 1. The molecule has 0 spiro atoms. The minimum absolute atomic E-state index is 0.295. The number of aromatic nitrogens is 2. The minimum Gasteiger partial charge on any atom is -0.243 e. The third-order valence-corrected chi connectivity index (χ3v) is 10.8. The Morgan fingerprint density at radius 2 is 1.48 bits per heavy atom. The van der Waals surface area contributed by atoms with E-state index >= 15 is 0 Å². The maximum absolute atomic E-state index is 10.8. The van der Waals surface area contributed by atoms with E-state index in [1.54, 1.807) is 48.5 Å². The van der Waals surface area contributed by atoms with E-state index in [1.807, 2.05) is 36.8 Å². The number of hydrogen-bond acceptors (Lipinski definition) is 9. The summed E-state index contributed by atoms with van der Waals surface area (Å²) in [7, 11) is -0.314. The zero-order chi connectivity index (χ0) is 30.1. The van der Waals surface area contributed by atoms with Crippen molar-refractivity contribution >= 4 is 101 Å². The van der Waals surface area contributed by atoms with E-state index in [0.29, 0.717) is 26.1 Å². The van der Waals surface area contributed by atoms with Crippen molar-refractivity contribution < 1.29 is 15.7 Å². The van der Waals surface area contributed by atoms with Gasteiger partial charge in [-0.2, -0.15) is 21.4 Å². The molecule has 3 rings (SSSR count). The molecule has 15 heteroatoms. The summed E-state index contributed by atoms with van der Waals surface area (Å²) in [5, 5.41) is 9.96. The van der Waals surface area contributed by atoms with E-state index < -0.39 is 32.6 Å². The summed E-state index contributed by atoms with van der Waals surface area (Å²) < 4.78 is 14.5. The molecule has 0 aliphatic heterocycles. The topological polar surface area (TPSA) is 115 Å². The van der Waals surface area contributed by atoms with E-state index in [0.717, 1.165) is 20.4 Å². The minimum atomic E-state index is -2.59. The Morgan fingerprint density at radius 1 is 0.975 bits per heavy atom. The Hall–Kier alpha value is -1.66. The summed E-state index contributed by atoms with van der Waals surface area (Å²) >= 11 is 22.0. The van der Waals surface area contributed by atoms with Gasteiger partial charge in [0.05, 0.1) is 10.0 Å². The van der Waals surface area contributed by atoms with Crippen LogP contribution in [0.1, 0.15) is 25.0 Å². The zero-order valence-electron chi connectivity index (χ0n) is 21.7. The van der Waals surface area contributed by atoms with Gasteiger partial charge in [-0.05, 0) is 35.8 Å². The summed E-state index contributed by atoms with van der Waals surface area (Å²) in [6.45, 7) is 2.60. The number of nitrogens with zero attached hydrogens (tertiary/aromatic N) is 4. The van der Waals surface area contributed by atoms with Crippen LogP contribution in [0.3, 0.4) is 0 Å². The van der Waals surface area contributed by atoms with Gasteiger partial charge in [0.1, 0.15) is 10.3 Å². The largest absolute Gasteiger partial charge is 0.243 e. The summed E-state index contributed by atoms with van der Waals surface area (Å²) in [6, 6.07) is 12.6. The van der Waals surface area contributed by atoms with Crippen LogP contribution in [0.2, 0.25) is 20.4 Å². The maximum Gasteiger partial charge on any atom is 0.212 e. The van der Waals surface area contributed by atoms with E-state index in [4.69, 9.17) is 57.8 Å². The number of hydrogen-bond donors (Lipinski definition) is 0. The zero-order valence-corrected chi connectivity index (χ0v) is 28.6. The molecular formula is C25H25Cl4IN4O4S2. The Kier molecular flexibility index (Phi) is 18.4. The molecule has 0 bridgehead atoms. The van der Waals surface area contributed by atoms with E-state index in [9.17, 15) is 9.59 Å². The summed E-state index contributed by atoms with van der Waals surface area (Å²) in [4.78, 5) is 29.5. The average molecular weight is 778 g/mol. The molecule has 1 aromatic carbocycles. The Morgan fingerprint density at radius 3 is 1.93 bits per heavy atom. The van der Waals surface area contributed by atoms with Crippen molar-refractivity contribution in [1.82, 2.24) is 9.97 Å². The fraction of sp³-hybridized carbons (Fsp3) is 0.240. The van der Waals surface area contributed by atoms with Crippen molar-refractivity contribution in [2.75, 3.05) is 12.5 Å². The van der Waals surface area contributed by atoms with Crippen LogP contribution < -0.4 is 0 Å². The van der Waals surface area contributed by atoms with Crippen LogP contribution in [-0.4, -0.2) is 34.4 Å². The summed E-state index contributed by atoms with van der Waals surface area (Å²) in [5.74, 6) is 0.733. The number of carbonyl (C=O) groups is 2. The Labute approximate surface area is 268 Å². The smallest absolute Gasteiger partial charge is 0.212 e. The third kappa shape index (κ3) is 15.4. The second-order valence-electron chi connectivity index (χ2n) is 7.25. The first-order valence-electron chi connectivity index (χ1n) is 10.9. The van der Waals surface area contributed by atoms with E-state index in [-0.39, 0.29) is 10.7 Å². The van der Waals surface area contributed by atoms with Crippen LogP contribution in [0, 0.1) is 15.0 Å². The molecule has 0 fully saturated rings. The summed E-state index contributed by atoms with van der Waals surface area (Å²) in [6.07, 6.45) is 9.07. The molecule has 8 nitrogen and oxygen atoms in total. The van der Waals surface area contributed by atoms with Crippen molar-refractivity contribution in [3.05, 3.63) is 89.9 Å². The summed E-state index contributed by atoms with van der Waals surface area (Å²) in [5.41, 5.74) is 2.04. The molecule has 2 heterocycles. The predicted molar refractivity (Wildman–Crippen MR) is 173 cm³/mol. The Balaban J connectivity index is 0.000000304. The first kappa shape index (κ1) is 36.4. The van der Waals surface area contributed by atoms with Crippen molar-refractivity contribution in [2.45, 2.75) is 25.4 Å². The van der Waals surface area contributed by atoms with Crippen LogP contribution in [-0.2, 0) is 37.9 Å². The fourth-order valence-electron chi connectivity index (χ4n) is 2.41. The van der Waals surface area contributed by atoms with Crippen molar-refractivity contribution in [3.8, 4) is 6.19 Å². The van der Waals surface area contributed by atoms with Crippen LogP contribution >= 0.6 is 78.8 Å². The van der Waals surface area contributed by atoms with Gasteiger partial charge < -0.3 is 0 Å². The number of pyridine rings is 2. The monoisotopic (exact) mass is 776 g/mol. The van der Waals surface area contributed by atoms with Gasteiger partial charge in [0, 0.05) is 23.9 Å². The first-order chi connectivity index (χ1) is 19.0. The molecule has 1 unspecified atom stereocenters. The van der Waals surface area contributed by atoms with Gasteiger partial charge in [-0.3, -0.25) is 0 Å². The van der Waals surface area contributed by atoms with Gasteiger partial charge in [0.2, 0.25) is 6.19 Å². The predicted octanol–water partition coefficient (Wildman–Crippen LogP) is 8.37. The van der Waals surface area contributed by atoms with Gasteiger partial charge in [-0.1, -0.05) is 57.1 Å². The van der Waals surface area contributed by atoms with Crippen LogP contribution in [0.15, 0.2) is 59.2 Å². The molecule has 216 valence electrons. The molecule has 0 aliphatic carbocycles. The maximum atomic E-state index is 10.8. The van der Waals surface area contributed by atoms with Crippen molar-refractivity contribution in [1.29, 1.82) is 5.26 Å². The van der Waals surface area contributed by atoms with E-state index in [1.165, 1.54) is 13.8 Å². The average Bonchev–Trinajstić information content (AvgIpc) is 2.89. The number of nitriles is 1. The van der Waals surface area contributed by atoms with Crippen molar-refractivity contribution in [3.63, 3.8) is 0 Å². The van der Waals surface area contributed by atoms with E-state index in [2.05, 4.69) is 14.3 Å². The molecule has 0 amide bonds. The van der Waals surface area contributed by atoms with Crippen LogP contribution in [0.4, 0.5) is 0 Å². The standard InChI is InChI=1S/C10H11IO4.C8H7Cl2N3S.C7H7Cl2NS/c1-8(12)14-11(15-9(2)13)10-6-4-3-5-7-10;1-14(13-5-11)4-6-2-7(9)8(10)12-3-6;1-11-4-5-2-6(8)7(9)10-3-5/h3-7H,1-2H3;2-3H,4H2,1H3;2-3H,4H2,1H3. The molecule has 40 heavy (non-hydrogen) atoms. The molecule has 2 aromatic heterocycles. The number of thioether (sulfide) groups is 1. The third-order valence-electron chi connectivity index (χ3n) is 3.86. The molecule has 1 atom stereocenters. The van der Waals surface area contributed by atoms with Gasteiger partial charge in [0.25, 0.3) is 0 Å². The number of rotatable bonds is 7. The molecule has 3 aromatic rings. The van der Waals surface area contributed by atoms with Crippen LogP contribution in [0.25, 0.3) is 0 Å². The molecule has 0 saturated heterocycles. The quantitative estimate of drug-likeness (QED) is 0.134. The number of carbonyl (C=O) groups excluding carboxylic acids is 2. The van der Waals surface area contributed by atoms with Crippen LogP contribution in [0.5, 0.6) is 0 Å².